The Balaban J connectivity index is 2.00. The van der Waals surface area contributed by atoms with Gasteiger partial charge in [0.15, 0.2) is 0 Å². The molecule has 2 aromatic rings. The molecular formula is C16H19N3O5. The van der Waals surface area contributed by atoms with E-state index >= 15 is 0 Å². The number of nitro groups is 1. The number of hydrogen-bond acceptors (Lipinski definition) is 6. The number of carbonyl (C=O) groups excluding carboxylic acids is 1. The quantitative estimate of drug-likeness (QED) is 0.618. The Labute approximate surface area is 139 Å². The van der Waals surface area contributed by atoms with Gasteiger partial charge in [0.25, 0.3) is 5.69 Å². The average molecular weight is 333 g/mol. The predicted molar refractivity (Wildman–Crippen MR) is 88.1 cm³/mol. The fraction of sp³-hybridized carbons (Fsp3) is 0.312. The lowest BCUT2D eigenvalue weighted by molar-refractivity contribution is -0.384. The molecule has 1 amide bonds. The van der Waals surface area contributed by atoms with Crippen LogP contribution >= 0.6 is 0 Å². The lowest BCUT2D eigenvalue weighted by atomic mass is 10.2. The number of hydrogen-bond donors (Lipinski definition) is 1. The lowest BCUT2D eigenvalue weighted by Gasteiger charge is -2.15. The van der Waals surface area contributed by atoms with Crippen molar-refractivity contribution in [3.8, 4) is 5.75 Å². The summed E-state index contributed by atoms with van der Waals surface area (Å²) in [5.41, 5.74) is -0.0833. The van der Waals surface area contributed by atoms with Crippen molar-refractivity contribution in [2.24, 2.45) is 0 Å². The number of nitro benzene ring substituents is 1. The Morgan fingerprint density at radius 2 is 2.12 bits per heavy atom. The Kier molecular flexibility index (Phi) is 5.54. The second kappa shape index (κ2) is 7.60. The SMILES string of the molecule is COc1ccc(NC(=O)CN(C)Cc2ccc(C)o2)c([N+](=O)[O-])c1. The number of methoxy groups -OCH3 is 1. The third-order valence-electron chi connectivity index (χ3n) is 3.31. The Hall–Kier alpha value is -2.87. The molecule has 0 aliphatic carbocycles. The summed E-state index contributed by atoms with van der Waals surface area (Å²) in [4.78, 5) is 24.4. The number of furan rings is 1. The minimum Gasteiger partial charge on any atom is -0.496 e. The molecule has 1 heterocycles. The first-order valence-corrected chi connectivity index (χ1v) is 7.25. The third-order valence-corrected chi connectivity index (χ3v) is 3.31. The molecule has 24 heavy (non-hydrogen) atoms. The molecule has 0 aliphatic rings. The van der Waals surface area contributed by atoms with Gasteiger partial charge in [-0.25, -0.2) is 0 Å². The van der Waals surface area contributed by atoms with Gasteiger partial charge in [-0.05, 0) is 38.2 Å². The largest absolute Gasteiger partial charge is 0.496 e. The molecule has 2 rings (SSSR count). The molecule has 0 aliphatic heterocycles. The van der Waals surface area contributed by atoms with Gasteiger partial charge >= 0.3 is 0 Å². The highest BCUT2D eigenvalue weighted by Crippen LogP contribution is 2.28. The third kappa shape index (κ3) is 4.56. The standard InChI is InChI=1S/C16H19N3O5/c1-11-4-5-13(24-11)9-18(2)10-16(20)17-14-7-6-12(23-3)8-15(14)19(21)22/h4-8H,9-10H2,1-3H3,(H,17,20). The number of rotatable bonds is 7. The van der Waals surface area contributed by atoms with Gasteiger partial charge in [-0.3, -0.25) is 19.8 Å². The number of benzene rings is 1. The molecular weight excluding hydrogens is 314 g/mol. The van der Waals surface area contributed by atoms with Crippen LogP contribution < -0.4 is 10.1 Å². The number of nitrogens with one attached hydrogen (secondary N) is 1. The Morgan fingerprint density at radius 1 is 1.38 bits per heavy atom. The Morgan fingerprint density at radius 3 is 2.71 bits per heavy atom. The summed E-state index contributed by atoms with van der Waals surface area (Å²) in [7, 11) is 3.18. The molecule has 0 unspecified atom stereocenters. The first-order valence-electron chi connectivity index (χ1n) is 7.25. The van der Waals surface area contributed by atoms with Crippen LogP contribution in [-0.2, 0) is 11.3 Å². The number of likely N-dealkylation sites (N-methyl/N-ethyl adjacent to an activating group) is 1. The van der Waals surface area contributed by atoms with E-state index in [-0.39, 0.29) is 23.8 Å². The summed E-state index contributed by atoms with van der Waals surface area (Å²) in [5.74, 6) is 1.55. The number of aryl methyl sites for hydroxylation is 1. The van der Waals surface area contributed by atoms with E-state index in [4.69, 9.17) is 9.15 Å². The first kappa shape index (κ1) is 17.5. The van der Waals surface area contributed by atoms with Gasteiger partial charge in [-0.1, -0.05) is 0 Å². The summed E-state index contributed by atoms with van der Waals surface area (Å²) in [6.07, 6.45) is 0. The van der Waals surface area contributed by atoms with E-state index < -0.39 is 4.92 Å². The van der Waals surface area contributed by atoms with Crippen LogP contribution in [0.4, 0.5) is 11.4 Å². The van der Waals surface area contributed by atoms with Crippen LogP contribution in [0.2, 0.25) is 0 Å². The number of amides is 1. The number of nitrogens with zero attached hydrogens (tertiary/aromatic N) is 2. The zero-order valence-corrected chi connectivity index (χ0v) is 13.7. The molecule has 0 bridgehead atoms. The van der Waals surface area contributed by atoms with E-state index in [0.717, 1.165) is 11.5 Å². The first-order chi connectivity index (χ1) is 11.4. The van der Waals surface area contributed by atoms with Crippen molar-refractivity contribution >= 4 is 17.3 Å². The molecule has 0 radical (unpaired) electrons. The molecule has 0 atom stereocenters. The van der Waals surface area contributed by atoms with Crippen molar-refractivity contribution < 1.29 is 18.9 Å². The topological polar surface area (TPSA) is 97.8 Å². The van der Waals surface area contributed by atoms with Crippen LogP contribution in [0, 0.1) is 17.0 Å². The number of anilines is 1. The van der Waals surface area contributed by atoms with Crippen LogP contribution in [0.5, 0.6) is 5.75 Å². The molecule has 0 saturated heterocycles. The van der Waals surface area contributed by atoms with Gasteiger partial charge < -0.3 is 14.5 Å². The summed E-state index contributed by atoms with van der Waals surface area (Å²) >= 11 is 0. The fourth-order valence-corrected chi connectivity index (χ4v) is 2.22. The predicted octanol–water partition coefficient (Wildman–Crippen LogP) is 2.58. The van der Waals surface area contributed by atoms with Crippen LogP contribution in [0.25, 0.3) is 0 Å². The van der Waals surface area contributed by atoms with E-state index in [1.807, 2.05) is 19.1 Å². The average Bonchev–Trinajstić information content (AvgIpc) is 2.92. The fourth-order valence-electron chi connectivity index (χ4n) is 2.22. The zero-order valence-electron chi connectivity index (χ0n) is 13.7. The van der Waals surface area contributed by atoms with Gasteiger partial charge in [-0.2, -0.15) is 0 Å². The van der Waals surface area contributed by atoms with Crippen molar-refractivity contribution in [3.05, 3.63) is 52.0 Å². The van der Waals surface area contributed by atoms with Crippen LogP contribution in [-0.4, -0.2) is 36.4 Å². The van der Waals surface area contributed by atoms with Crippen LogP contribution in [0.3, 0.4) is 0 Å². The molecule has 0 fully saturated rings. The van der Waals surface area contributed by atoms with E-state index in [1.54, 1.807) is 18.0 Å². The normalized spacial score (nSPS) is 10.7. The van der Waals surface area contributed by atoms with Crippen molar-refractivity contribution in [1.29, 1.82) is 0 Å². The summed E-state index contributed by atoms with van der Waals surface area (Å²) in [5, 5.41) is 13.7. The Bertz CT molecular complexity index is 741. The molecule has 0 saturated carbocycles. The molecule has 1 aromatic carbocycles. The van der Waals surface area contributed by atoms with E-state index in [2.05, 4.69) is 5.32 Å². The van der Waals surface area contributed by atoms with Gasteiger partial charge in [0, 0.05) is 0 Å². The van der Waals surface area contributed by atoms with E-state index in [1.165, 1.54) is 19.2 Å². The van der Waals surface area contributed by atoms with E-state index in [9.17, 15) is 14.9 Å². The monoisotopic (exact) mass is 333 g/mol. The van der Waals surface area contributed by atoms with Crippen molar-refractivity contribution in [2.75, 3.05) is 26.0 Å². The zero-order chi connectivity index (χ0) is 17.7. The summed E-state index contributed by atoms with van der Waals surface area (Å²) in [6, 6.07) is 7.97. The van der Waals surface area contributed by atoms with Crippen molar-refractivity contribution in [2.45, 2.75) is 13.5 Å². The smallest absolute Gasteiger partial charge is 0.296 e. The maximum absolute atomic E-state index is 12.1. The number of ether oxygens (including phenoxy) is 1. The second-order valence-corrected chi connectivity index (χ2v) is 5.37. The second-order valence-electron chi connectivity index (χ2n) is 5.37. The number of carbonyl (C=O) groups is 1. The molecule has 1 N–H and O–H groups in total. The molecule has 128 valence electrons. The van der Waals surface area contributed by atoms with Crippen molar-refractivity contribution in [1.82, 2.24) is 4.90 Å². The highest BCUT2D eigenvalue weighted by atomic mass is 16.6. The maximum atomic E-state index is 12.1. The molecule has 8 nitrogen and oxygen atoms in total. The highest BCUT2D eigenvalue weighted by Gasteiger charge is 2.18. The van der Waals surface area contributed by atoms with Gasteiger partial charge in [0.1, 0.15) is 23.0 Å². The molecule has 0 spiro atoms. The minimum atomic E-state index is -0.562. The van der Waals surface area contributed by atoms with Crippen LogP contribution in [0.1, 0.15) is 11.5 Å². The lowest BCUT2D eigenvalue weighted by Crippen LogP contribution is -2.29. The highest BCUT2D eigenvalue weighted by molar-refractivity contribution is 5.94. The maximum Gasteiger partial charge on any atom is 0.296 e. The minimum absolute atomic E-state index is 0.0724. The van der Waals surface area contributed by atoms with Gasteiger partial charge in [0.05, 0.1) is 31.2 Å². The molecule has 1 aromatic heterocycles. The molecule has 8 heteroatoms. The summed E-state index contributed by atoms with van der Waals surface area (Å²) < 4.78 is 10.4. The van der Waals surface area contributed by atoms with Crippen LogP contribution in [0.15, 0.2) is 34.7 Å². The summed E-state index contributed by atoms with van der Waals surface area (Å²) in [6.45, 7) is 2.38. The van der Waals surface area contributed by atoms with Gasteiger partial charge in [-0.15, -0.1) is 0 Å². The van der Waals surface area contributed by atoms with Crippen molar-refractivity contribution in [3.63, 3.8) is 0 Å². The van der Waals surface area contributed by atoms with Gasteiger partial charge in [0.2, 0.25) is 5.91 Å². The van der Waals surface area contributed by atoms with E-state index in [0.29, 0.717) is 12.3 Å².